The summed E-state index contributed by atoms with van der Waals surface area (Å²) in [6.07, 6.45) is -8.34. The Bertz CT molecular complexity index is 1320. The Morgan fingerprint density at radius 1 is 0.974 bits per heavy atom. The Morgan fingerprint density at radius 2 is 1.51 bits per heavy atom. The lowest BCUT2D eigenvalue weighted by molar-refractivity contribution is -0.143. The van der Waals surface area contributed by atoms with Crippen molar-refractivity contribution in [2.45, 2.75) is 51.7 Å². The minimum absolute atomic E-state index is 0.0386. The predicted octanol–water partition coefficient (Wildman–Crippen LogP) is 4.96. The molecule has 1 atom stereocenters. The molecule has 0 spiro atoms. The van der Waals surface area contributed by atoms with Crippen LogP contribution in [0.15, 0.2) is 36.7 Å². The molecule has 0 radical (unpaired) electrons. The lowest BCUT2D eigenvalue weighted by Gasteiger charge is -2.22. The van der Waals surface area contributed by atoms with Crippen molar-refractivity contribution in [2.24, 2.45) is 0 Å². The molecule has 10 nitrogen and oxygen atoms in total. The summed E-state index contributed by atoms with van der Waals surface area (Å²) in [6.45, 7) is 6.29. The van der Waals surface area contributed by atoms with Crippen molar-refractivity contribution in [3.63, 3.8) is 0 Å². The largest absolute Gasteiger partial charge is 0.443 e. The van der Waals surface area contributed by atoms with Crippen molar-refractivity contribution in [3.05, 3.63) is 59.2 Å². The van der Waals surface area contributed by atoms with Crippen LogP contribution in [-0.4, -0.2) is 49.4 Å². The molecule has 2 amide bonds. The van der Waals surface area contributed by atoms with Crippen LogP contribution in [0.3, 0.4) is 0 Å². The Morgan fingerprint density at radius 3 is 2.00 bits per heavy atom. The maximum absolute atomic E-state index is 13.2. The molecule has 0 saturated carbocycles. The van der Waals surface area contributed by atoms with Crippen LogP contribution in [0.4, 0.5) is 37.1 Å². The number of carbonyl (C=O) groups excluding carboxylic acids is 2. The first-order chi connectivity index (χ1) is 17.9. The number of hydrogen-bond donors (Lipinski definition) is 1. The van der Waals surface area contributed by atoms with Gasteiger partial charge in [-0.15, -0.1) is 5.10 Å². The lowest BCUT2D eigenvalue weighted by Crippen LogP contribution is -2.34. The zero-order chi connectivity index (χ0) is 29.3. The van der Waals surface area contributed by atoms with Crippen molar-refractivity contribution in [2.75, 3.05) is 11.9 Å². The van der Waals surface area contributed by atoms with E-state index >= 15 is 0 Å². The van der Waals surface area contributed by atoms with Gasteiger partial charge in [-0.25, -0.2) is 19.7 Å². The fourth-order valence-electron chi connectivity index (χ4n) is 3.13. The molecule has 1 aromatic carbocycles. The molecule has 0 unspecified atom stereocenters. The Balaban J connectivity index is 1.99. The number of nitrogens with one attached hydrogen (secondary N) is 1. The summed E-state index contributed by atoms with van der Waals surface area (Å²) in [7, 11) is 1.31. The quantitative estimate of drug-likeness (QED) is 0.440. The third-order valence-electron chi connectivity index (χ3n) is 4.91. The number of amides is 2. The van der Waals surface area contributed by atoms with Crippen LogP contribution in [0.1, 0.15) is 61.0 Å². The second-order valence-electron chi connectivity index (χ2n) is 9.26. The van der Waals surface area contributed by atoms with Crippen LogP contribution < -0.4 is 10.2 Å². The molecule has 0 aliphatic rings. The first-order valence-corrected chi connectivity index (χ1v) is 11.2. The third-order valence-corrected chi connectivity index (χ3v) is 4.91. The average molecular weight is 559 g/mol. The molecule has 2 aromatic heterocycles. The number of nitrogens with zero attached hydrogens (tertiary/aromatic N) is 6. The fourth-order valence-corrected chi connectivity index (χ4v) is 3.13. The van der Waals surface area contributed by atoms with Gasteiger partial charge in [0.25, 0.3) is 17.8 Å². The van der Waals surface area contributed by atoms with Crippen LogP contribution in [0.25, 0.3) is 5.95 Å². The van der Waals surface area contributed by atoms with Crippen molar-refractivity contribution in [1.82, 2.24) is 30.0 Å². The minimum Gasteiger partial charge on any atom is -0.443 e. The summed E-state index contributed by atoms with van der Waals surface area (Å²) in [6, 6.07) is 0.889. The van der Waals surface area contributed by atoms with E-state index < -0.39 is 52.7 Å². The number of aromatic nitrogens is 5. The van der Waals surface area contributed by atoms with E-state index in [-0.39, 0.29) is 23.8 Å². The average Bonchev–Trinajstić information content (AvgIpc) is 3.27. The fraction of sp³-hybridized carbons (Fsp3) is 0.391. The molecule has 1 N–H and O–H groups in total. The number of carbonyl (C=O) groups is 2. The summed E-state index contributed by atoms with van der Waals surface area (Å²) in [4.78, 5) is 38.6. The number of benzene rings is 1. The van der Waals surface area contributed by atoms with Gasteiger partial charge >= 0.3 is 18.4 Å². The van der Waals surface area contributed by atoms with E-state index in [0.29, 0.717) is 12.1 Å². The van der Waals surface area contributed by atoms with Crippen molar-refractivity contribution in [1.29, 1.82) is 0 Å². The SMILES string of the molecule is C[C@H](NC(=O)c1cc(C(F)(F)F)cc(C(F)(F)F)c1)c1nc(N(C)C(=O)OC(C)(C)C)nn1-c1ncccn1. The van der Waals surface area contributed by atoms with E-state index in [4.69, 9.17) is 4.74 Å². The highest BCUT2D eigenvalue weighted by Gasteiger charge is 2.38. The first kappa shape index (κ1) is 29.3. The van der Waals surface area contributed by atoms with Crippen LogP contribution >= 0.6 is 0 Å². The molecule has 210 valence electrons. The van der Waals surface area contributed by atoms with Gasteiger partial charge in [-0.1, -0.05) is 0 Å². The predicted molar refractivity (Wildman–Crippen MR) is 124 cm³/mol. The number of anilines is 1. The molecule has 39 heavy (non-hydrogen) atoms. The van der Waals surface area contributed by atoms with Gasteiger partial charge in [0.2, 0.25) is 0 Å². The maximum atomic E-state index is 13.2. The number of hydrogen-bond acceptors (Lipinski definition) is 7. The Hall–Kier alpha value is -4.24. The highest BCUT2D eigenvalue weighted by Crippen LogP contribution is 2.36. The van der Waals surface area contributed by atoms with Gasteiger partial charge in [0.15, 0.2) is 5.82 Å². The van der Waals surface area contributed by atoms with E-state index in [1.807, 2.05) is 0 Å². The normalized spacial score (nSPS) is 13.1. The first-order valence-electron chi connectivity index (χ1n) is 11.2. The molecule has 3 rings (SSSR count). The van der Waals surface area contributed by atoms with Gasteiger partial charge < -0.3 is 10.1 Å². The molecule has 0 aliphatic heterocycles. The molecule has 0 saturated heterocycles. The zero-order valence-corrected chi connectivity index (χ0v) is 21.2. The number of ether oxygens (including phenoxy) is 1. The number of halogens is 6. The van der Waals surface area contributed by atoms with Crippen LogP contribution in [0.2, 0.25) is 0 Å². The van der Waals surface area contributed by atoms with Gasteiger partial charge in [0.05, 0.1) is 17.2 Å². The van der Waals surface area contributed by atoms with Gasteiger partial charge in [-0.2, -0.15) is 36.0 Å². The van der Waals surface area contributed by atoms with E-state index in [1.165, 1.54) is 32.4 Å². The summed E-state index contributed by atoms with van der Waals surface area (Å²) < 4.78 is 85.8. The van der Waals surface area contributed by atoms with Crippen molar-refractivity contribution in [3.8, 4) is 5.95 Å². The van der Waals surface area contributed by atoms with Gasteiger partial charge in [0.1, 0.15) is 5.60 Å². The highest BCUT2D eigenvalue weighted by atomic mass is 19.4. The summed E-state index contributed by atoms with van der Waals surface area (Å²) in [5.41, 5.74) is -5.01. The molecular weight excluding hydrogens is 536 g/mol. The van der Waals surface area contributed by atoms with E-state index in [1.54, 1.807) is 20.8 Å². The van der Waals surface area contributed by atoms with E-state index in [9.17, 15) is 35.9 Å². The van der Waals surface area contributed by atoms with Gasteiger partial charge in [-0.3, -0.25) is 4.79 Å². The Kier molecular flexibility index (Phi) is 7.89. The van der Waals surface area contributed by atoms with Crippen LogP contribution in [-0.2, 0) is 17.1 Å². The number of alkyl halides is 6. The maximum Gasteiger partial charge on any atom is 0.416 e. The summed E-state index contributed by atoms with van der Waals surface area (Å²) >= 11 is 0. The monoisotopic (exact) mass is 559 g/mol. The zero-order valence-electron chi connectivity index (χ0n) is 21.2. The molecule has 3 aromatic rings. The number of rotatable bonds is 5. The standard InChI is InChI=1S/C23H23F6N7O3/c1-12(32-17(37)13-9-14(22(24,25)26)11-15(10-13)23(27,28)29)16-33-19(35(5)20(38)39-21(2,3)4)34-36(16)18-30-7-6-8-31-18/h6-12H,1-5H3,(H,32,37)/t12-/m0/s1. The molecule has 16 heteroatoms. The highest BCUT2D eigenvalue weighted by molar-refractivity contribution is 5.95. The molecule has 0 bridgehead atoms. The molecule has 2 heterocycles. The summed E-state index contributed by atoms with van der Waals surface area (Å²) in [5.74, 6) is -1.57. The smallest absolute Gasteiger partial charge is 0.416 e. The summed E-state index contributed by atoms with van der Waals surface area (Å²) in [5, 5.41) is 6.49. The second kappa shape index (κ2) is 10.5. The molecule has 0 aliphatic carbocycles. The molecular formula is C23H23F6N7O3. The van der Waals surface area contributed by atoms with Gasteiger partial charge in [-0.05, 0) is 52.0 Å². The van der Waals surface area contributed by atoms with E-state index in [2.05, 4.69) is 25.4 Å². The third kappa shape index (κ3) is 7.20. The van der Waals surface area contributed by atoms with Gasteiger partial charge in [0, 0.05) is 25.0 Å². The topological polar surface area (TPSA) is 115 Å². The van der Waals surface area contributed by atoms with Crippen LogP contribution in [0, 0.1) is 0 Å². The second-order valence-corrected chi connectivity index (χ2v) is 9.26. The van der Waals surface area contributed by atoms with Crippen molar-refractivity contribution >= 4 is 17.9 Å². The van der Waals surface area contributed by atoms with Crippen molar-refractivity contribution < 1.29 is 40.7 Å². The van der Waals surface area contributed by atoms with Crippen LogP contribution in [0.5, 0.6) is 0 Å². The minimum atomic E-state index is -5.13. The molecule has 0 fully saturated rings. The lowest BCUT2D eigenvalue weighted by atomic mass is 10.0. The Labute approximate surface area is 218 Å². The van der Waals surface area contributed by atoms with E-state index in [0.717, 1.165) is 9.58 Å².